The minimum absolute atomic E-state index is 0.128. The van der Waals surface area contributed by atoms with Gasteiger partial charge in [0, 0.05) is 19.7 Å². The molecule has 1 saturated heterocycles. The van der Waals surface area contributed by atoms with Gasteiger partial charge in [-0.3, -0.25) is 4.98 Å². The highest BCUT2D eigenvalue weighted by atomic mass is 19.1. The molecule has 3 unspecified atom stereocenters. The summed E-state index contributed by atoms with van der Waals surface area (Å²) in [5.41, 5.74) is 0.892. The van der Waals surface area contributed by atoms with Gasteiger partial charge in [0.25, 0.3) is 0 Å². The molecule has 2 N–H and O–H groups in total. The van der Waals surface area contributed by atoms with Crippen LogP contribution in [0, 0.1) is 17.7 Å². The first-order chi connectivity index (χ1) is 10.1. The molecule has 1 aromatic heterocycles. The summed E-state index contributed by atoms with van der Waals surface area (Å²) >= 11 is 0. The Balaban J connectivity index is 1.98. The lowest BCUT2D eigenvalue weighted by Crippen LogP contribution is -2.35. The largest absolute Gasteiger partial charge is 0.396 e. The third kappa shape index (κ3) is 4.46. The Labute approximate surface area is 126 Å². The van der Waals surface area contributed by atoms with Crippen molar-refractivity contribution < 1.29 is 9.50 Å². The van der Waals surface area contributed by atoms with Crippen molar-refractivity contribution in [1.29, 1.82) is 0 Å². The van der Waals surface area contributed by atoms with Crippen molar-refractivity contribution in [3.05, 3.63) is 29.8 Å². The van der Waals surface area contributed by atoms with Gasteiger partial charge in [0.1, 0.15) is 5.82 Å². The normalized spacial score (nSPS) is 22.4. The lowest BCUT2D eigenvalue weighted by Gasteiger charge is -2.28. The first-order valence-electron chi connectivity index (χ1n) is 7.82. The van der Waals surface area contributed by atoms with Crippen LogP contribution in [0.3, 0.4) is 0 Å². The number of hydrogen-bond donors (Lipinski definition) is 2. The van der Waals surface area contributed by atoms with Crippen LogP contribution in [0.25, 0.3) is 0 Å². The van der Waals surface area contributed by atoms with E-state index in [1.54, 1.807) is 6.07 Å². The molecule has 0 amide bonds. The molecule has 21 heavy (non-hydrogen) atoms. The fraction of sp³-hybridized carbons (Fsp3) is 0.688. The average Bonchev–Trinajstić information content (AvgIpc) is 2.93. The van der Waals surface area contributed by atoms with E-state index in [9.17, 15) is 9.50 Å². The number of aliphatic hydroxyl groups is 1. The highest BCUT2D eigenvalue weighted by Gasteiger charge is 2.26. The third-order valence-electron chi connectivity index (χ3n) is 4.24. The second-order valence-electron chi connectivity index (χ2n) is 6.01. The molecular formula is C16H26FN3O. The predicted octanol–water partition coefficient (Wildman–Crippen LogP) is 1.82. The van der Waals surface area contributed by atoms with Gasteiger partial charge in [0.05, 0.1) is 17.9 Å². The van der Waals surface area contributed by atoms with Crippen LogP contribution >= 0.6 is 0 Å². The number of pyridine rings is 1. The minimum atomic E-state index is -0.299. The molecule has 0 saturated carbocycles. The summed E-state index contributed by atoms with van der Waals surface area (Å²) in [7, 11) is 0. The van der Waals surface area contributed by atoms with Crippen molar-refractivity contribution >= 4 is 0 Å². The number of aliphatic hydroxyl groups excluding tert-OH is 1. The van der Waals surface area contributed by atoms with Gasteiger partial charge >= 0.3 is 0 Å². The molecule has 0 radical (unpaired) electrons. The summed E-state index contributed by atoms with van der Waals surface area (Å²) in [6.07, 6.45) is 2.36. The zero-order valence-electron chi connectivity index (χ0n) is 12.9. The molecule has 4 nitrogen and oxygen atoms in total. The molecule has 1 aliphatic heterocycles. The van der Waals surface area contributed by atoms with Crippen molar-refractivity contribution in [1.82, 2.24) is 15.2 Å². The first-order valence-corrected chi connectivity index (χ1v) is 7.82. The average molecular weight is 295 g/mol. The van der Waals surface area contributed by atoms with Crippen molar-refractivity contribution in [2.45, 2.75) is 26.3 Å². The van der Waals surface area contributed by atoms with Crippen LogP contribution in [0.2, 0.25) is 0 Å². The van der Waals surface area contributed by atoms with Gasteiger partial charge in [0.2, 0.25) is 0 Å². The number of halogens is 1. The van der Waals surface area contributed by atoms with Gasteiger partial charge in [-0.2, -0.15) is 0 Å². The Morgan fingerprint density at radius 1 is 1.52 bits per heavy atom. The van der Waals surface area contributed by atoms with E-state index < -0.39 is 0 Å². The maximum Gasteiger partial charge on any atom is 0.141 e. The number of rotatable bonds is 7. The summed E-state index contributed by atoms with van der Waals surface area (Å²) in [5, 5.41) is 12.7. The molecule has 0 aromatic carbocycles. The lowest BCUT2D eigenvalue weighted by atomic mass is 9.97. The second-order valence-corrected chi connectivity index (χ2v) is 6.01. The van der Waals surface area contributed by atoms with Crippen molar-refractivity contribution in [3.63, 3.8) is 0 Å². The fourth-order valence-electron chi connectivity index (χ4n) is 3.13. The summed E-state index contributed by atoms with van der Waals surface area (Å²) in [5.74, 6) is 0.492. The number of nitrogens with zero attached hydrogens (tertiary/aromatic N) is 2. The van der Waals surface area contributed by atoms with Crippen LogP contribution in [0.15, 0.2) is 18.3 Å². The molecule has 0 bridgehead atoms. The third-order valence-corrected chi connectivity index (χ3v) is 4.24. The molecule has 2 heterocycles. The molecule has 118 valence electrons. The van der Waals surface area contributed by atoms with Gasteiger partial charge in [0.15, 0.2) is 0 Å². The summed E-state index contributed by atoms with van der Waals surface area (Å²) in [6.45, 7) is 8.38. The molecule has 0 spiro atoms. The topological polar surface area (TPSA) is 48.4 Å². The summed E-state index contributed by atoms with van der Waals surface area (Å²) < 4.78 is 13.0. The maximum atomic E-state index is 13.0. The SMILES string of the molecule is CCNC(c1ccc(F)cn1)C(C)CN1CCC(CO)C1. The zero-order chi connectivity index (χ0) is 15.2. The van der Waals surface area contributed by atoms with Crippen LogP contribution < -0.4 is 5.32 Å². The van der Waals surface area contributed by atoms with Crippen LogP contribution in [0.5, 0.6) is 0 Å². The van der Waals surface area contributed by atoms with E-state index in [0.29, 0.717) is 11.8 Å². The van der Waals surface area contributed by atoms with Gasteiger partial charge in [-0.15, -0.1) is 0 Å². The Bertz CT molecular complexity index is 426. The highest BCUT2D eigenvalue weighted by molar-refractivity contribution is 5.11. The smallest absolute Gasteiger partial charge is 0.141 e. The fourth-order valence-corrected chi connectivity index (χ4v) is 3.13. The molecule has 2 rings (SSSR count). The van der Waals surface area contributed by atoms with E-state index in [-0.39, 0.29) is 18.5 Å². The number of likely N-dealkylation sites (tertiary alicyclic amines) is 1. The lowest BCUT2D eigenvalue weighted by molar-refractivity contribution is 0.205. The molecule has 1 fully saturated rings. The summed E-state index contributed by atoms with van der Waals surface area (Å²) in [6, 6.07) is 3.36. The molecule has 1 aromatic rings. The van der Waals surface area contributed by atoms with Crippen LogP contribution in [0.4, 0.5) is 4.39 Å². The Kier molecular flexibility index (Phi) is 6.08. The zero-order valence-corrected chi connectivity index (χ0v) is 12.9. The van der Waals surface area contributed by atoms with Gasteiger partial charge < -0.3 is 15.3 Å². The molecule has 0 aliphatic carbocycles. The van der Waals surface area contributed by atoms with Crippen LogP contribution in [-0.2, 0) is 0 Å². The predicted molar refractivity (Wildman–Crippen MR) is 81.4 cm³/mol. The van der Waals surface area contributed by atoms with Crippen molar-refractivity contribution in [2.75, 3.05) is 32.8 Å². The van der Waals surface area contributed by atoms with E-state index in [2.05, 4.69) is 29.0 Å². The van der Waals surface area contributed by atoms with E-state index in [1.807, 2.05) is 0 Å². The van der Waals surface area contributed by atoms with Crippen LogP contribution in [0.1, 0.15) is 32.0 Å². The Hall–Kier alpha value is -1.04. The number of hydrogen-bond acceptors (Lipinski definition) is 4. The van der Waals surface area contributed by atoms with Gasteiger partial charge in [-0.25, -0.2) is 4.39 Å². The number of aromatic nitrogens is 1. The van der Waals surface area contributed by atoms with E-state index in [1.165, 1.54) is 12.3 Å². The van der Waals surface area contributed by atoms with Crippen molar-refractivity contribution in [3.8, 4) is 0 Å². The van der Waals surface area contributed by atoms with Gasteiger partial charge in [-0.05, 0) is 43.5 Å². The monoisotopic (exact) mass is 295 g/mol. The van der Waals surface area contributed by atoms with E-state index in [4.69, 9.17) is 0 Å². The minimum Gasteiger partial charge on any atom is -0.396 e. The highest BCUT2D eigenvalue weighted by Crippen LogP contribution is 2.24. The Morgan fingerprint density at radius 3 is 2.90 bits per heavy atom. The van der Waals surface area contributed by atoms with E-state index in [0.717, 1.165) is 38.3 Å². The molecule has 5 heteroatoms. The number of nitrogens with one attached hydrogen (secondary N) is 1. The second kappa shape index (κ2) is 7.82. The summed E-state index contributed by atoms with van der Waals surface area (Å²) in [4.78, 5) is 6.63. The van der Waals surface area contributed by atoms with Crippen molar-refractivity contribution in [2.24, 2.45) is 11.8 Å². The van der Waals surface area contributed by atoms with Crippen LogP contribution in [-0.4, -0.2) is 47.8 Å². The quantitative estimate of drug-likeness (QED) is 0.805. The van der Waals surface area contributed by atoms with Gasteiger partial charge in [-0.1, -0.05) is 13.8 Å². The molecule has 3 atom stereocenters. The Morgan fingerprint density at radius 2 is 2.33 bits per heavy atom. The standard InChI is InChI=1S/C16H26FN3O/c1-3-18-16(15-5-4-14(17)8-19-15)12(2)9-20-7-6-13(10-20)11-21/h4-5,8,12-13,16,18,21H,3,6-7,9-11H2,1-2H3. The maximum absolute atomic E-state index is 13.0. The first kappa shape index (κ1) is 16.3. The van der Waals surface area contributed by atoms with E-state index >= 15 is 0 Å². The molecule has 1 aliphatic rings. The molecular weight excluding hydrogens is 269 g/mol.